The monoisotopic (exact) mass is 276 g/mol. The van der Waals surface area contributed by atoms with Gasteiger partial charge in [-0.05, 0) is 37.1 Å². The van der Waals surface area contributed by atoms with Gasteiger partial charge >= 0.3 is 0 Å². The fourth-order valence-electron chi connectivity index (χ4n) is 2.62. The summed E-state index contributed by atoms with van der Waals surface area (Å²) in [4.78, 5) is 14.2. The normalized spacial score (nSPS) is 22.9. The van der Waals surface area contributed by atoms with Crippen LogP contribution < -0.4 is 10.2 Å². The molecule has 0 aromatic heterocycles. The Morgan fingerprint density at radius 3 is 2.45 bits per heavy atom. The summed E-state index contributed by atoms with van der Waals surface area (Å²) in [5, 5.41) is 13.0. The topological polar surface area (TPSA) is 52.6 Å². The maximum Gasteiger partial charge on any atom is 0.251 e. The molecule has 4 nitrogen and oxygen atoms in total. The highest BCUT2D eigenvalue weighted by molar-refractivity contribution is 5.94. The molecule has 1 saturated carbocycles. The molecular weight excluding hydrogens is 252 g/mol. The van der Waals surface area contributed by atoms with E-state index >= 15 is 0 Å². The maximum absolute atomic E-state index is 12.2. The number of carbonyl (C=O) groups is 1. The van der Waals surface area contributed by atoms with Gasteiger partial charge in [0, 0.05) is 25.3 Å². The Balaban J connectivity index is 1.99. The molecular formula is C16H24N2O2. The van der Waals surface area contributed by atoms with Crippen molar-refractivity contribution >= 4 is 11.6 Å². The number of hydrogen-bond acceptors (Lipinski definition) is 3. The van der Waals surface area contributed by atoms with Crippen molar-refractivity contribution in [3.8, 4) is 0 Å². The maximum atomic E-state index is 12.2. The standard InChI is InChI=1S/C16H24N2O2/c1-18(2)13-10-8-12(9-11-13)16(20)17-14-6-4-3-5-7-15(14)19/h8-11,14-15,19H,3-7H2,1-2H3,(H,17,20). The first-order valence-corrected chi connectivity index (χ1v) is 7.34. The van der Waals surface area contributed by atoms with Crippen LogP contribution >= 0.6 is 0 Å². The average molecular weight is 276 g/mol. The fraction of sp³-hybridized carbons (Fsp3) is 0.562. The van der Waals surface area contributed by atoms with Gasteiger partial charge in [-0.1, -0.05) is 19.3 Å². The van der Waals surface area contributed by atoms with Crippen molar-refractivity contribution in [1.29, 1.82) is 0 Å². The third-order valence-corrected chi connectivity index (χ3v) is 3.94. The van der Waals surface area contributed by atoms with Crippen molar-refractivity contribution in [2.24, 2.45) is 0 Å². The number of carbonyl (C=O) groups excluding carboxylic acids is 1. The van der Waals surface area contributed by atoms with Crippen molar-refractivity contribution in [3.63, 3.8) is 0 Å². The van der Waals surface area contributed by atoms with Crippen LogP contribution in [0.15, 0.2) is 24.3 Å². The number of hydrogen-bond donors (Lipinski definition) is 2. The van der Waals surface area contributed by atoms with Gasteiger partial charge < -0.3 is 15.3 Å². The summed E-state index contributed by atoms with van der Waals surface area (Å²) in [5.74, 6) is -0.0961. The van der Waals surface area contributed by atoms with Crippen molar-refractivity contribution in [3.05, 3.63) is 29.8 Å². The lowest BCUT2D eigenvalue weighted by Gasteiger charge is -2.22. The molecule has 4 heteroatoms. The van der Waals surface area contributed by atoms with Gasteiger partial charge in [0.25, 0.3) is 5.91 Å². The molecule has 0 spiro atoms. The van der Waals surface area contributed by atoms with E-state index in [-0.39, 0.29) is 11.9 Å². The SMILES string of the molecule is CN(C)c1ccc(C(=O)NC2CCCCCC2O)cc1. The van der Waals surface area contributed by atoms with Crippen molar-refractivity contribution < 1.29 is 9.90 Å². The third-order valence-electron chi connectivity index (χ3n) is 3.94. The molecule has 2 N–H and O–H groups in total. The summed E-state index contributed by atoms with van der Waals surface area (Å²) < 4.78 is 0. The molecule has 0 aliphatic heterocycles. The third kappa shape index (κ3) is 3.73. The highest BCUT2D eigenvalue weighted by Gasteiger charge is 2.23. The van der Waals surface area contributed by atoms with Crippen LogP contribution in [-0.4, -0.2) is 37.3 Å². The lowest BCUT2D eigenvalue weighted by Crippen LogP contribution is -2.42. The van der Waals surface area contributed by atoms with Crippen LogP contribution in [0.1, 0.15) is 42.5 Å². The Morgan fingerprint density at radius 2 is 1.80 bits per heavy atom. The van der Waals surface area contributed by atoms with Crippen LogP contribution in [0.25, 0.3) is 0 Å². The number of rotatable bonds is 3. The van der Waals surface area contributed by atoms with Crippen molar-refractivity contribution in [2.75, 3.05) is 19.0 Å². The van der Waals surface area contributed by atoms with Gasteiger partial charge in [-0.25, -0.2) is 0 Å². The van der Waals surface area contributed by atoms with E-state index in [2.05, 4.69) is 5.32 Å². The smallest absolute Gasteiger partial charge is 0.251 e. The molecule has 0 saturated heterocycles. The predicted octanol–water partition coefficient (Wildman–Crippen LogP) is 2.18. The lowest BCUT2D eigenvalue weighted by molar-refractivity contribution is 0.0819. The number of aliphatic hydroxyl groups is 1. The molecule has 0 bridgehead atoms. The van der Waals surface area contributed by atoms with Gasteiger partial charge in [-0.3, -0.25) is 4.79 Å². The van der Waals surface area contributed by atoms with Gasteiger partial charge in [0.1, 0.15) is 0 Å². The Morgan fingerprint density at radius 1 is 1.15 bits per heavy atom. The summed E-state index contributed by atoms with van der Waals surface area (Å²) in [5.41, 5.74) is 1.71. The highest BCUT2D eigenvalue weighted by Crippen LogP contribution is 2.19. The largest absolute Gasteiger partial charge is 0.391 e. The Bertz CT molecular complexity index is 442. The van der Waals surface area contributed by atoms with Crippen LogP contribution in [0.4, 0.5) is 5.69 Å². The highest BCUT2D eigenvalue weighted by atomic mass is 16.3. The number of amides is 1. The number of anilines is 1. The van der Waals surface area contributed by atoms with Crippen LogP contribution in [0.3, 0.4) is 0 Å². The second kappa shape index (κ2) is 6.75. The van der Waals surface area contributed by atoms with Gasteiger partial charge in [0.2, 0.25) is 0 Å². The molecule has 1 aliphatic rings. The fourth-order valence-corrected chi connectivity index (χ4v) is 2.62. The number of nitrogens with one attached hydrogen (secondary N) is 1. The average Bonchev–Trinajstić information content (AvgIpc) is 2.64. The van der Waals surface area contributed by atoms with Crippen LogP contribution in [0, 0.1) is 0 Å². The van der Waals surface area contributed by atoms with Gasteiger partial charge in [-0.2, -0.15) is 0 Å². The molecule has 110 valence electrons. The van der Waals surface area contributed by atoms with Gasteiger partial charge in [0.05, 0.1) is 12.1 Å². The second-order valence-electron chi connectivity index (χ2n) is 5.73. The molecule has 20 heavy (non-hydrogen) atoms. The summed E-state index contributed by atoms with van der Waals surface area (Å²) in [6, 6.07) is 7.40. The van der Waals surface area contributed by atoms with Crippen molar-refractivity contribution in [2.45, 2.75) is 44.2 Å². The van der Waals surface area contributed by atoms with E-state index < -0.39 is 6.10 Å². The van der Waals surface area contributed by atoms with E-state index in [4.69, 9.17) is 0 Å². The second-order valence-corrected chi connectivity index (χ2v) is 5.73. The summed E-state index contributed by atoms with van der Waals surface area (Å²) >= 11 is 0. The number of aliphatic hydroxyl groups excluding tert-OH is 1. The molecule has 1 aromatic rings. The van der Waals surface area contributed by atoms with Crippen LogP contribution in [0.2, 0.25) is 0 Å². The van der Waals surface area contributed by atoms with Crippen LogP contribution in [0.5, 0.6) is 0 Å². The van der Waals surface area contributed by atoms with Gasteiger partial charge in [0.15, 0.2) is 0 Å². The Hall–Kier alpha value is -1.55. The minimum absolute atomic E-state index is 0.0961. The summed E-state index contributed by atoms with van der Waals surface area (Å²) in [6.07, 6.45) is 4.49. The number of nitrogens with zero attached hydrogens (tertiary/aromatic N) is 1. The quantitative estimate of drug-likeness (QED) is 0.832. The minimum Gasteiger partial charge on any atom is -0.391 e. The summed E-state index contributed by atoms with van der Waals surface area (Å²) in [6.45, 7) is 0. The van der Waals surface area contributed by atoms with E-state index in [1.165, 1.54) is 0 Å². The zero-order valence-corrected chi connectivity index (χ0v) is 12.3. The zero-order chi connectivity index (χ0) is 14.5. The van der Waals surface area contributed by atoms with E-state index in [0.717, 1.165) is 37.8 Å². The minimum atomic E-state index is -0.414. The Kier molecular flexibility index (Phi) is 5.01. The van der Waals surface area contributed by atoms with E-state index in [1.54, 1.807) is 0 Å². The molecule has 1 fully saturated rings. The first kappa shape index (κ1) is 14.9. The molecule has 0 heterocycles. The molecule has 2 unspecified atom stereocenters. The lowest BCUT2D eigenvalue weighted by atomic mass is 10.1. The van der Waals surface area contributed by atoms with E-state index in [9.17, 15) is 9.90 Å². The first-order chi connectivity index (χ1) is 9.58. The first-order valence-electron chi connectivity index (χ1n) is 7.34. The zero-order valence-electron chi connectivity index (χ0n) is 12.3. The van der Waals surface area contributed by atoms with E-state index in [0.29, 0.717) is 5.56 Å². The molecule has 2 rings (SSSR count). The Labute approximate surface area is 120 Å². The van der Waals surface area contributed by atoms with Crippen LogP contribution in [-0.2, 0) is 0 Å². The molecule has 1 amide bonds. The molecule has 1 aromatic carbocycles. The summed E-state index contributed by atoms with van der Waals surface area (Å²) in [7, 11) is 3.94. The van der Waals surface area contributed by atoms with E-state index in [1.807, 2.05) is 43.3 Å². The number of benzene rings is 1. The molecule has 2 atom stereocenters. The molecule has 1 aliphatic carbocycles. The van der Waals surface area contributed by atoms with Gasteiger partial charge in [-0.15, -0.1) is 0 Å². The van der Waals surface area contributed by atoms with Crippen molar-refractivity contribution in [1.82, 2.24) is 5.32 Å². The predicted molar refractivity (Wildman–Crippen MR) is 81.1 cm³/mol. The molecule has 0 radical (unpaired) electrons.